The van der Waals surface area contributed by atoms with Gasteiger partial charge in [0.1, 0.15) is 4.83 Å². The van der Waals surface area contributed by atoms with E-state index in [0.29, 0.717) is 10.4 Å². The van der Waals surface area contributed by atoms with Gasteiger partial charge in [0.2, 0.25) is 0 Å². The van der Waals surface area contributed by atoms with Gasteiger partial charge in [0, 0.05) is 24.5 Å². The van der Waals surface area contributed by atoms with Crippen LogP contribution in [-0.4, -0.2) is 15.3 Å². The number of aryl methyl sites for hydroxylation is 2. The molecule has 0 atom stereocenters. The highest BCUT2D eigenvalue weighted by Gasteiger charge is 2.28. The second-order valence-corrected chi connectivity index (χ2v) is 5.97. The minimum Gasteiger partial charge on any atom is -0.344 e. The summed E-state index contributed by atoms with van der Waals surface area (Å²) in [7, 11) is 0. The van der Waals surface area contributed by atoms with Crippen LogP contribution in [0.3, 0.4) is 0 Å². The van der Waals surface area contributed by atoms with E-state index in [1.807, 2.05) is 0 Å². The SMILES string of the molecule is CCn1c(=O)c2c(C)c(CN)sc2n(CCC(F)(F)F)c1=O.N. The Hall–Kier alpha value is -1.65. The number of rotatable bonds is 4. The summed E-state index contributed by atoms with van der Waals surface area (Å²) in [4.78, 5) is 25.6. The van der Waals surface area contributed by atoms with Crippen molar-refractivity contribution >= 4 is 21.6 Å². The zero-order chi connectivity index (χ0) is 16.7. The molecule has 0 saturated heterocycles. The van der Waals surface area contributed by atoms with Crippen LogP contribution in [0.25, 0.3) is 10.2 Å². The molecule has 0 fully saturated rings. The quantitative estimate of drug-likeness (QED) is 0.879. The first-order valence-electron chi connectivity index (χ1n) is 6.73. The van der Waals surface area contributed by atoms with Crippen LogP contribution in [-0.2, 0) is 19.6 Å². The monoisotopic (exact) mass is 352 g/mol. The molecule has 0 bridgehead atoms. The number of nitrogens with zero attached hydrogens (tertiary/aromatic N) is 2. The predicted octanol–water partition coefficient (Wildman–Crippen LogP) is 2.13. The molecule has 0 saturated carbocycles. The lowest BCUT2D eigenvalue weighted by Gasteiger charge is -2.12. The highest BCUT2D eigenvalue weighted by Crippen LogP contribution is 2.28. The lowest BCUT2D eigenvalue weighted by atomic mass is 10.2. The van der Waals surface area contributed by atoms with Crippen LogP contribution >= 0.6 is 11.3 Å². The summed E-state index contributed by atoms with van der Waals surface area (Å²) in [6.07, 6.45) is -5.50. The van der Waals surface area contributed by atoms with Crippen LogP contribution in [0.4, 0.5) is 13.2 Å². The number of hydrogen-bond donors (Lipinski definition) is 2. The molecule has 6 nitrogen and oxygen atoms in total. The van der Waals surface area contributed by atoms with E-state index in [9.17, 15) is 22.8 Å². The molecular weight excluding hydrogens is 333 g/mol. The van der Waals surface area contributed by atoms with Gasteiger partial charge in [0.05, 0.1) is 11.8 Å². The molecule has 2 aromatic rings. The Balaban J connectivity index is 0.00000264. The van der Waals surface area contributed by atoms with Gasteiger partial charge in [-0.3, -0.25) is 13.9 Å². The molecule has 0 aliphatic rings. The smallest absolute Gasteiger partial charge is 0.344 e. The second-order valence-electron chi connectivity index (χ2n) is 4.88. The Morgan fingerprint density at radius 3 is 2.30 bits per heavy atom. The molecule has 5 N–H and O–H groups in total. The van der Waals surface area contributed by atoms with Crippen LogP contribution in [0.1, 0.15) is 23.8 Å². The average Bonchev–Trinajstić information content (AvgIpc) is 2.75. The number of alkyl halides is 3. The summed E-state index contributed by atoms with van der Waals surface area (Å²) >= 11 is 1.11. The second kappa shape index (κ2) is 6.85. The van der Waals surface area contributed by atoms with Crippen molar-refractivity contribution in [2.75, 3.05) is 0 Å². The van der Waals surface area contributed by atoms with E-state index in [1.54, 1.807) is 13.8 Å². The molecule has 0 amide bonds. The molecule has 2 heterocycles. The summed E-state index contributed by atoms with van der Waals surface area (Å²) in [6, 6.07) is 0. The fourth-order valence-electron chi connectivity index (χ4n) is 2.35. The number of nitrogens with two attached hydrogens (primary N) is 1. The van der Waals surface area contributed by atoms with Gasteiger partial charge in [-0.05, 0) is 19.4 Å². The third kappa shape index (κ3) is 3.48. The standard InChI is InChI=1S/C13H16F3N3O2S.H3N/c1-3-18-10(20)9-7(2)8(6-17)22-11(9)19(12(18)21)5-4-13(14,15)16;/h3-6,17H2,1-2H3;1H3. The number of hydrogen-bond acceptors (Lipinski definition) is 5. The zero-order valence-corrected chi connectivity index (χ0v) is 13.7. The van der Waals surface area contributed by atoms with Crippen LogP contribution in [0.5, 0.6) is 0 Å². The fraction of sp³-hybridized carbons (Fsp3) is 0.538. The molecule has 0 aliphatic heterocycles. The highest BCUT2D eigenvalue weighted by atomic mass is 32.1. The van der Waals surface area contributed by atoms with Crippen molar-refractivity contribution in [1.29, 1.82) is 0 Å². The van der Waals surface area contributed by atoms with Gasteiger partial charge < -0.3 is 11.9 Å². The van der Waals surface area contributed by atoms with Gasteiger partial charge in [0.25, 0.3) is 5.56 Å². The molecular formula is C13H19F3N4O2S. The molecule has 130 valence electrons. The maximum atomic E-state index is 12.5. The van der Waals surface area contributed by atoms with Gasteiger partial charge in [0.15, 0.2) is 0 Å². The Bertz CT molecular complexity index is 820. The molecule has 0 aliphatic carbocycles. The Labute approximate surface area is 133 Å². The minimum atomic E-state index is -4.37. The molecule has 0 unspecified atom stereocenters. The Morgan fingerprint density at radius 2 is 1.83 bits per heavy atom. The van der Waals surface area contributed by atoms with E-state index in [-0.39, 0.29) is 29.5 Å². The Kier molecular flexibility index (Phi) is 5.78. The largest absolute Gasteiger partial charge is 0.390 e. The third-order valence-corrected chi connectivity index (χ3v) is 4.85. The number of thiophene rings is 1. The average molecular weight is 352 g/mol. The van der Waals surface area contributed by atoms with Crippen LogP contribution < -0.4 is 23.1 Å². The maximum absolute atomic E-state index is 12.5. The predicted molar refractivity (Wildman–Crippen MR) is 84.3 cm³/mol. The first-order chi connectivity index (χ1) is 10.2. The number of aromatic nitrogens is 2. The van der Waals surface area contributed by atoms with E-state index in [1.165, 1.54) is 0 Å². The maximum Gasteiger partial charge on any atom is 0.390 e. The van der Waals surface area contributed by atoms with E-state index in [2.05, 4.69) is 0 Å². The summed E-state index contributed by atoms with van der Waals surface area (Å²) in [5.74, 6) is 0. The van der Waals surface area contributed by atoms with Crippen molar-refractivity contribution in [3.05, 3.63) is 31.3 Å². The van der Waals surface area contributed by atoms with Gasteiger partial charge in [-0.25, -0.2) is 4.79 Å². The highest BCUT2D eigenvalue weighted by molar-refractivity contribution is 7.18. The fourth-order valence-corrected chi connectivity index (χ4v) is 3.54. The minimum absolute atomic E-state index is 0. The van der Waals surface area contributed by atoms with E-state index in [4.69, 9.17) is 5.73 Å². The van der Waals surface area contributed by atoms with Gasteiger partial charge in [-0.2, -0.15) is 13.2 Å². The first kappa shape index (κ1) is 19.4. The Morgan fingerprint density at radius 1 is 1.22 bits per heavy atom. The van der Waals surface area contributed by atoms with Crippen LogP contribution in [0.15, 0.2) is 9.59 Å². The van der Waals surface area contributed by atoms with Crippen molar-refractivity contribution in [1.82, 2.24) is 15.3 Å². The molecule has 23 heavy (non-hydrogen) atoms. The molecule has 10 heteroatoms. The third-order valence-electron chi connectivity index (χ3n) is 3.51. The molecule has 0 aromatic carbocycles. The van der Waals surface area contributed by atoms with Crippen molar-refractivity contribution < 1.29 is 13.2 Å². The van der Waals surface area contributed by atoms with Gasteiger partial charge in [-0.15, -0.1) is 11.3 Å². The summed E-state index contributed by atoms with van der Waals surface area (Å²) < 4.78 is 39.4. The number of halogens is 3. The van der Waals surface area contributed by atoms with Crippen molar-refractivity contribution in [3.8, 4) is 0 Å². The van der Waals surface area contributed by atoms with Gasteiger partial charge >= 0.3 is 11.9 Å². The van der Waals surface area contributed by atoms with Crippen LogP contribution in [0.2, 0.25) is 0 Å². The number of fused-ring (bicyclic) bond motifs is 1. The van der Waals surface area contributed by atoms with Crippen molar-refractivity contribution in [3.63, 3.8) is 0 Å². The van der Waals surface area contributed by atoms with Crippen molar-refractivity contribution in [2.45, 2.75) is 46.1 Å². The molecule has 0 radical (unpaired) electrons. The van der Waals surface area contributed by atoms with Crippen molar-refractivity contribution in [2.24, 2.45) is 5.73 Å². The molecule has 0 spiro atoms. The van der Waals surface area contributed by atoms with E-state index >= 15 is 0 Å². The van der Waals surface area contributed by atoms with E-state index in [0.717, 1.165) is 20.5 Å². The zero-order valence-electron chi connectivity index (χ0n) is 12.9. The van der Waals surface area contributed by atoms with Crippen LogP contribution in [0, 0.1) is 6.92 Å². The summed E-state index contributed by atoms with van der Waals surface area (Å²) in [5.41, 5.74) is 5.05. The summed E-state index contributed by atoms with van der Waals surface area (Å²) in [5, 5.41) is 0.286. The lowest BCUT2D eigenvalue weighted by Crippen LogP contribution is -2.39. The topological polar surface area (TPSA) is 105 Å². The van der Waals surface area contributed by atoms with Gasteiger partial charge in [-0.1, -0.05) is 0 Å². The molecule has 2 rings (SSSR count). The lowest BCUT2D eigenvalue weighted by molar-refractivity contribution is -0.136. The summed E-state index contributed by atoms with van der Waals surface area (Å²) in [6.45, 7) is 3.06. The molecule has 2 aromatic heterocycles. The normalized spacial score (nSPS) is 11.7. The van der Waals surface area contributed by atoms with E-state index < -0.39 is 30.4 Å². The first-order valence-corrected chi connectivity index (χ1v) is 7.55.